The van der Waals surface area contributed by atoms with Crippen molar-refractivity contribution in [2.45, 2.75) is 10.1 Å². The Kier molecular flexibility index (Phi) is 6.34. The number of hydrogen-bond donors (Lipinski definition) is 1. The summed E-state index contributed by atoms with van der Waals surface area (Å²) in [7, 11) is -3.76. The Morgan fingerprint density at radius 1 is 1.04 bits per heavy atom. The highest BCUT2D eigenvalue weighted by Gasteiger charge is 2.30. The van der Waals surface area contributed by atoms with E-state index in [4.69, 9.17) is 23.2 Å². The molecule has 1 amide bonds. The summed E-state index contributed by atoms with van der Waals surface area (Å²) in [4.78, 5) is 16.7. The summed E-state index contributed by atoms with van der Waals surface area (Å²) in [6, 6.07) is 15.9. The van der Waals surface area contributed by atoms with Gasteiger partial charge in [0, 0.05) is 24.0 Å². The molecule has 3 rings (SSSR count). The minimum atomic E-state index is -3.76. The number of aromatic nitrogens is 1. The largest absolute Gasteiger partial charge is 0.350 e. The summed E-state index contributed by atoms with van der Waals surface area (Å²) >= 11 is 11.9. The highest BCUT2D eigenvalue weighted by molar-refractivity contribution is 7.91. The zero-order chi connectivity index (χ0) is 20.1. The topological polar surface area (TPSA) is 76.1 Å². The summed E-state index contributed by atoms with van der Waals surface area (Å²) in [5, 5.41) is 2.25. The zero-order valence-electron chi connectivity index (χ0n) is 14.5. The fourth-order valence-electron chi connectivity index (χ4n) is 2.70. The number of benzene rings is 2. The van der Waals surface area contributed by atoms with Crippen LogP contribution in [0.5, 0.6) is 0 Å². The van der Waals surface area contributed by atoms with E-state index < -0.39 is 21.0 Å². The van der Waals surface area contributed by atoms with Crippen molar-refractivity contribution >= 4 is 38.9 Å². The Balaban J connectivity index is 1.90. The normalized spacial score (nSPS) is 12.4. The lowest BCUT2D eigenvalue weighted by atomic mass is 10.2. The van der Waals surface area contributed by atoms with Gasteiger partial charge in [-0.05, 0) is 42.0 Å². The fourth-order valence-corrected chi connectivity index (χ4v) is 4.86. The van der Waals surface area contributed by atoms with Crippen molar-refractivity contribution in [2.24, 2.45) is 0 Å². The van der Waals surface area contributed by atoms with Crippen LogP contribution in [-0.2, 0) is 9.84 Å². The van der Waals surface area contributed by atoms with Crippen LogP contribution in [-0.4, -0.2) is 25.9 Å². The standard InChI is InChI=1S/C20H16Cl2N2O3S/c21-15-8-9-17(18(22)11-15)20(25)24-13-19(14-5-4-10-23-12-14)28(26,27)16-6-2-1-3-7-16/h1-12,19H,13H2,(H,24,25). The van der Waals surface area contributed by atoms with Crippen LogP contribution in [0, 0.1) is 0 Å². The minimum Gasteiger partial charge on any atom is -0.350 e. The molecule has 2 aromatic carbocycles. The molecule has 0 aliphatic carbocycles. The van der Waals surface area contributed by atoms with E-state index in [2.05, 4.69) is 10.3 Å². The third-order valence-electron chi connectivity index (χ3n) is 4.13. The maximum Gasteiger partial charge on any atom is 0.252 e. The number of sulfone groups is 1. The van der Waals surface area contributed by atoms with Crippen molar-refractivity contribution in [2.75, 3.05) is 6.54 Å². The van der Waals surface area contributed by atoms with Gasteiger partial charge in [0.15, 0.2) is 9.84 Å². The summed E-state index contributed by atoms with van der Waals surface area (Å²) in [6.45, 7) is -0.138. The summed E-state index contributed by atoms with van der Waals surface area (Å²) in [6.07, 6.45) is 3.04. The van der Waals surface area contributed by atoms with Crippen molar-refractivity contribution in [3.8, 4) is 0 Å². The van der Waals surface area contributed by atoms with Gasteiger partial charge in [0.1, 0.15) is 5.25 Å². The molecule has 1 N–H and O–H groups in total. The number of rotatable bonds is 6. The number of amides is 1. The first-order valence-electron chi connectivity index (χ1n) is 8.31. The maximum absolute atomic E-state index is 13.2. The fraction of sp³-hybridized carbons (Fsp3) is 0.100. The van der Waals surface area contributed by atoms with Crippen molar-refractivity contribution < 1.29 is 13.2 Å². The van der Waals surface area contributed by atoms with Gasteiger partial charge in [0.05, 0.1) is 15.5 Å². The van der Waals surface area contributed by atoms with Gasteiger partial charge < -0.3 is 5.32 Å². The van der Waals surface area contributed by atoms with E-state index in [1.54, 1.807) is 42.6 Å². The second kappa shape index (κ2) is 8.73. The molecule has 0 spiro atoms. The SMILES string of the molecule is O=C(NCC(c1cccnc1)S(=O)(=O)c1ccccc1)c1ccc(Cl)cc1Cl. The highest BCUT2D eigenvalue weighted by Crippen LogP contribution is 2.28. The number of halogens is 2. The molecule has 5 nitrogen and oxygen atoms in total. The van der Waals surface area contributed by atoms with E-state index in [-0.39, 0.29) is 22.0 Å². The van der Waals surface area contributed by atoms with Gasteiger partial charge in [-0.3, -0.25) is 9.78 Å². The molecular weight excluding hydrogens is 419 g/mol. The predicted molar refractivity (Wildman–Crippen MR) is 109 cm³/mol. The zero-order valence-corrected chi connectivity index (χ0v) is 16.9. The van der Waals surface area contributed by atoms with Gasteiger partial charge in [-0.25, -0.2) is 8.42 Å². The van der Waals surface area contributed by atoms with Gasteiger partial charge in [-0.15, -0.1) is 0 Å². The van der Waals surface area contributed by atoms with Crippen molar-refractivity contribution in [1.29, 1.82) is 0 Å². The van der Waals surface area contributed by atoms with Gasteiger partial charge in [0.25, 0.3) is 5.91 Å². The summed E-state index contributed by atoms with van der Waals surface area (Å²) in [5.41, 5.74) is 0.696. The average Bonchev–Trinajstić information content (AvgIpc) is 2.69. The molecule has 0 radical (unpaired) electrons. The van der Waals surface area contributed by atoms with Crippen LogP contribution in [0.2, 0.25) is 10.0 Å². The number of nitrogens with one attached hydrogen (secondary N) is 1. The molecule has 0 aliphatic heterocycles. The Hall–Kier alpha value is -2.41. The lowest BCUT2D eigenvalue weighted by Gasteiger charge is -2.19. The Labute approximate surface area is 173 Å². The summed E-state index contributed by atoms with van der Waals surface area (Å²) in [5.74, 6) is -0.487. The van der Waals surface area contributed by atoms with E-state index >= 15 is 0 Å². The van der Waals surface area contributed by atoms with E-state index in [0.717, 1.165) is 0 Å². The Bertz CT molecular complexity index is 1080. The van der Waals surface area contributed by atoms with E-state index in [0.29, 0.717) is 10.6 Å². The maximum atomic E-state index is 13.2. The second-order valence-electron chi connectivity index (χ2n) is 5.97. The van der Waals surface area contributed by atoms with Crippen LogP contribution in [0.1, 0.15) is 21.2 Å². The summed E-state index contributed by atoms with van der Waals surface area (Å²) < 4.78 is 26.3. The molecule has 1 atom stereocenters. The van der Waals surface area contributed by atoms with Crippen molar-refractivity contribution in [1.82, 2.24) is 10.3 Å². The number of pyridine rings is 1. The first-order chi connectivity index (χ1) is 13.4. The molecular formula is C20H16Cl2N2O3S. The van der Waals surface area contributed by atoms with E-state index in [1.165, 1.54) is 30.5 Å². The van der Waals surface area contributed by atoms with Gasteiger partial charge in [0.2, 0.25) is 0 Å². The molecule has 0 saturated carbocycles. The molecule has 0 aliphatic rings. The molecule has 8 heteroatoms. The van der Waals surface area contributed by atoms with Crippen LogP contribution in [0.3, 0.4) is 0 Å². The van der Waals surface area contributed by atoms with E-state index in [1.807, 2.05) is 0 Å². The number of hydrogen-bond acceptors (Lipinski definition) is 4. The molecule has 1 heterocycles. The number of carbonyl (C=O) groups is 1. The monoisotopic (exact) mass is 434 g/mol. The van der Waals surface area contributed by atoms with E-state index in [9.17, 15) is 13.2 Å². The Morgan fingerprint density at radius 2 is 1.79 bits per heavy atom. The van der Waals surface area contributed by atoms with Crippen LogP contribution in [0.15, 0.2) is 78.0 Å². The Morgan fingerprint density at radius 3 is 2.43 bits per heavy atom. The van der Waals surface area contributed by atoms with Crippen molar-refractivity contribution in [3.63, 3.8) is 0 Å². The first-order valence-corrected chi connectivity index (χ1v) is 10.6. The molecule has 1 aromatic heterocycles. The lowest BCUT2D eigenvalue weighted by Crippen LogP contribution is -2.32. The minimum absolute atomic E-state index is 0.138. The second-order valence-corrected chi connectivity index (χ2v) is 8.94. The molecule has 1 unspecified atom stereocenters. The quantitative estimate of drug-likeness (QED) is 0.625. The van der Waals surface area contributed by atoms with Crippen molar-refractivity contribution in [3.05, 3.63) is 94.2 Å². The van der Waals surface area contributed by atoms with Crippen LogP contribution >= 0.6 is 23.2 Å². The molecule has 0 saturated heterocycles. The lowest BCUT2D eigenvalue weighted by molar-refractivity contribution is 0.0954. The highest BCUT2D eigenvalue weighted by atomic mass is 35.5. The van der Waals surface area contributed by atoms with Gasteiger partial charge in [-0.2, -0.15) is 0 Å². The average molecular weight is 435 g/mol. The van der Waals surface area contributed by atoms with Gasteiger partial charge >= 0.3 is 0 Å². The van der Waals surface area contributed by atoms with Gasteiger partial charge in [-0.1, -0.05) is 47.5 Å². The predicted octanol–water partition coefficient (Wildman–Crippen LogP) is 4.33. The number of nitrogens with zero attached hydrogens (tertiary/aromatic N) is 1. The van der Waals surface area contributed by atoms with Crippen LogP contribution < -0.4 is 5.32 Å². The van der Waals surface area contributed by atoms with Crippen LogP contribution in [0.25, 0.3) is 0 Å². The smallest absolute Gasteiger partial charge is 0.252 e. The molecule has 0 fully saturated rings. The molecule has 28 heavy (non-hydrogen) atoms. The third kappa shape index (κ3) is 4.52. The van der Waals surface area contributed by atoms with Crippen LogP contribution in [0.4, 0.5) is 0 Å². The third-order valence-corrected chi connectivity index (χ3v) is 6.79. The first kappa shape index (κ1) is 20.3. The number of carbonyl (C=O) groups excluding carboxylic acids is 1. The molecule has 3 aromatic rings. The molecule has 144 valence electrons. The molecule has 0 bridgehead atoms.